The summed E-state index contributed by atoms with van der Waals surface area (Å²) in [7, 11) is 0. The van der Waals surface area contributed by atoms with Crippen LogP contribution in [0.3, 0.4) is 0 Å². The molecule has 0 aliphatic rings. The van der Waals surface area contributed by atoms with Gasteiger partial charge in [-0.3, -0.25) is 0 Å². The largest absolute Gasteiger partial charge is 0.416 e. The van der Waals surface area contributed by atoms with Gasteiger partial charge in [0.1, 0.15) is 0 Å². The van der Waals surface area contributed by atoms with E-state index in [9.17, 15) is 13.2 Å². The third-order valence-corrected chi connectivity index (χ3v) is 3.37. The first-order chi connectivity index (χ1) is 10.0. The topological polar surface area (TPSA) is 20.2 Å². The SMILES string of the molecule is OCCCCc1ccc(-c2ccc(C(F)(F)F)cc2)cc1. The molecule has 0 aromatic heterocycles. The Morgan fingerprint density at radius 3 is 1.76 bits per heavy atom. The van der Waals surface area contributed by atoms with Crippen LogP contribution in [0.15, 0.2) is 48.5 Å². The standard InChI is InChI=1S/C17H17F3O/c18-17(19,20)16-10-8-15(9-11-16)14-6-4-13(5-7-14)3-1-2-12-21/h4-11,21H,1-3,12H2. The van der Waals surface area contributed by atoms with Crippen molar-refractivity contribution in [2.75, 3.05) is 6.61 Å². The van der Waals surface area contributed by atoms with E-state index < -0.39 is 11.7 Å². The number of hydrogen-bond donors (Lipinski definition) is 1. The van der Waals surface area contributed by atoms with Gasteiger partial charge >= 0.3 is 6.18 Å². The van der Waals surface area contributed by atoms with Crippen molar-refractivity contribution in [2.24, 2.45) is 0 Å². The summed E-state index contributed by atoms with van der Waals surface area (Å²) < 4.78 is 37.5. The second kappa shape index (κ2) is 6.76. The molecule has 2 aromatic carbocycles. The first-order valence-electron chi connectivity index (χ1n) is 6.88. The summed E-state index contributed by atoms with van der Waals surface area (Å²) in [6.07, 6.45) is -1.69. The molecule has 0 saturated heterocycles. The molecule has 0 amide bonds. The maximum atomic E-state index is 12.5. The van der Waals surface area contributed by atoms with Crippen LogP contribution in [0.4, 0.5) is 13.2 Å². The van der Waals surface area contributed by atoms with E-state index in [2.05, 4.69) is 0 Å². The number of benzene rings is 2. The fourth-order valence-electron chi connectivity index (χ4n) is 2.16. The molecular formula is C17H17F3O. The molecule has 112 valence electrons. The van der Waals surface area contributed by atoms with E-state index in [1.165, 1.54) is 17.7 Å². The molecule has 1 N–H and O–H groups in total. The first kappa shape index (κ1) is 15.6. The van der Waals surface area contributed by atoms with Crippen LogP contribution in [0.2, 0.25) is 0 Å². The first-order valence-corrected chi connectivity index (χ1v) is 6.88. The molecule has 2 aromatic rings. The Kier molecular flexibility index (Phi) is 5.02. The Morgan fingerprint density at radius 2 is 1.29 bits per heavy atom. The van der Waals surface area contributed by atoms with Gasteiger partial charge in [-0.05, 0) is 48.1 Å². The van der Waals surface area contributed by atoms with Crippen molar-refractivity contribution in [3.8, 4) is 11.1 Å². The van der Waals surface area contributed by atoms with Crippen LogP contribution in [0.5, 0.6) is 0 Å². The van der Waals surface area contributed by atoms with Crippen LogP contribution in [0.1, 0.15) is 24.0 Å². The highest BCUT2D eigenvalue weighted by atomic mass is 19.4. The van der Waals surface area contributed by atoms with E-state index in [0.717, 1.165) is 42.5 Å². The monoisotopic (exact) mass is 294 g/mol. The van der Waals surface area contributed by atoms with Gasteiger partial charge < -0.3 is 5.11 Å². The minimum absolute atomic E-state index is 0.198. The molecule has 0 fully saturated rings. The van der Waals surface area contributed by atoms with Crippen LogP contribution in [-0.2, 0) is 12.6 Å². The minimum atomic E-state index is -4.30. The summed E-state index contributed by atoms with van der Waals surface area (Å²) in [4.78, 5) is 0. The van der Waals surface area contributed by atoms with Crippen molar-refractivity contribution in [2.45, 2.75) is 25.4 Å². The number of aliphatic hydroxyl groups excluding tert-OH is 1. The van der Waals surface area contributed by atoms with Gasteiger partial charge in [0.2, 0.25) is 0 Å². The number of halogens is 3. The number of aryl methyl sites for hydroxylation is 1. The van der Waals surface area contributed by atoms with Crippen LogP contribution < -0.4 is 0 Å². The van der Waals surface area contributed by atoms with Gasteiger partial charge in [-0.1, -0.05) is 36.4 Å². The molecular weight excluding hydrogens is 277 g/mol. The van der Waals surface area contributed by atoms with Gasteiger partial charge in [-0.2, -0.15) is 13.2 Å². The highest BCUT2D eigenvalue weighted by Gasteiger charge is 2.29. The molecule has 0 aliphatic heterocycles. The molecule has 0 atom stereocenters. The predicted molar refractivity (Wildman–Crippen MR) is 76.9 cm³/mol. The average Bonchev–Trinajstić information content (AvgIpc) is 2.48. The van der Waals surface area contributed by atoms with E-state index in [0.29, 0.717) is 0 Å². The molecule has 0 aliphatic carbocycles. The summed E-state index contributed by atoms with van der Waals surface area (Å²) in [6.45, 7) is 0.198. The molecule has 0 bridgehead atoms. The number of hydrogen-bond acceptors (Lipinski definition) is 1. The smallest absolute Gasteiger partial charge is 0.396 e. The molecule has 4 heteroatoms. The Labute approximate surface area is 122 Å². The average molecular weight is 294 g/mol. The number of unbranched alkanes of at least 4 members (excludes halogenated alkanes) is 1. The maximum absolute atomic E-state index is 12.5. The highest BCUT2D eigenvalue weighted by molar-refractivity contribution is 5.64. The van der Waals surface area contributed by atoms with Crippen LogP contribution in [0, 0.1) is 0 Å². The summed E-state index contributed by atoms with van der Waals surface area (Å²) in [5.74, 6) is 0. The molecule has 0 radical (unpaired) electrons. The van der Waals surface area contributed by atoms with Crippen molar-refractivity contribution < 1.29 is 18.3 Å². The van der Waals surface area contributed by atoms with Crippen molar-refractivity contribution in [1.29, 1.82) is 0 Å². The van der Waals surface area contributed by atoms with Crippen LogP contribution in [-0.4, -0.2) is 11.7 Å². The number of aliphatic hydroxyl groups is 1. The second-order valence-electron chi connectivity index (χ2n) is 4.95. The highest BCUT2D eigenvalue weighted by Crippen LogP contribution is 2.31. The Balaban J connectivity index is 2.08. The summed E-state index contributed by atoms with van der Waals surface area (Å²) >= 11 is 0. The third-order valence-electron chi connectivity index (χ3n) is 3.37. The predicted octanol–water partition coefficient (Wildman–Crippen LogP) is 4.69. The molecule has 21 heavy (non-hydrogen) atoms. The lowest BCUT2D eigenvalue weighted by atomic mass is 10.0. The van der Waals surface area contributed by atoms with E-state index >= 15 is 0 Å². The van der Waals surface area contributed by atoms with Gasteiger partial charge in [-0.25, -0.2) is 0 Å². The van der Waals surface area contributed by atoms with Gasteiger partial charge in [0.05, 0.1) is 5.56 Å². The molecule has 0 heterocycles. The van der Waals surface area contributed by atoms with E-state index in [-0.39, 0.29) is 6.61 Å². The molecule has 0 unspecified atom stereocenters. The lowest BCUT2D eigenvalue weighted by Gasteiger charge is -2.08. The van der Waals surface area contributed by atoms with Crippen molar-refractivity contribution in [3.63, 3.8) is 0 Å². The Morgan fingerprint density at radius 1 is 0.762 bits per heavy atom. The zero-order chi connectivity index (χ0) is 15.3. The summed E-state index contributed by atoms with van der Waals surface area (Å²) in [5, 5.41) is 8.74. The van der Waals surface area contributed by atoms with E-state index in [4.69, 9.17) is 5.11 Å². The maximum Gasteiger partial charge on any atom is 0.416 e. The third kappa shape index (κ3) is 4.33. The van der Waals surface area contributed by atoms with E-state index in [1.54, 1.807) is 0 Å². The quantitative estimate of drug-likeness (QED) is 0.793. The van der Waals surface area contributed by atoms with Crippen molar-refractivity contribution in [3.05, 3.63) is 59.7 Å². The fourth-order valence-corrected chi connectivity index (χ4v) is 2.16. The summed E-state index contributed by atoms with van der Waals surface area (Å²) in [6, 6.07) is 13.0. The molecule has 2 rings (SSSR count). The van der Waals surface area contributed by atoms with Gasteiger partial charge in [0, 0.05) is 6.61 Å². The number of alkyl halides is 3. The second-order valence-corrected chi connectivity index (χ2v) is 4.95. The van der Waals surface area contributed by atoms with Gasteiger partial charge in [0.25, 0.3) is 0 Å². The zero-order valence-electron chi connectivity index (χ0n) is 11.5. The zero-order valence-corrected chi connectivity index (χ0v) is 11.5. The summed E-state index contributed by atoms with van der Waals surface area (Å²) in [5.41, 5.74) is 2.20. The van der Waals surface area contributed by atoms with Crippen LogP contribution >= 0.6 is 0 Å². The lowest BCUT2D eigenvalue weighted by Crippen LogP contribution is -2.03. The van der Waals surface area contributed by atoms with Gasteiger partial charge in [0.15, 0.2) is 0 Å². The van der Waals surface area contributed by atoms with Crippen LogP contribution in [0.25, 0.3) is 11.1 Å². The van der Waals surface area contributed by atoms with Crippen molar-refractivity contribution in [1.82, 2.24) is 0 Å². The molecule has 0 spiro atoms. The minimum Gasteiger partial charge on any atom is -0.396 e. The Bertz CT molecular complexity index is 556. The Hall–Kier alpha value is -1.81. The lowest BCUT2D eigenvalue weighted by molar-refractivity contribution is -0.137. The fraction of sp³-hybridized carbons (Fsp3) is 0.294. The molecule has 0 saturated carbocycles. The van der Waals surface area contributed by atoms with E-state index in [1.807, 2.05) is 24.3 Å². The molecule has 1 nitrogen and oxygen atoms in total. The number of rotatable bonds is 5. The van der Waals surface area contributed by atoms with Crippen molar-refractivity contribution >= 4 is 0 Å². The normalized spacial score (nSPS) is 11.6. The van der Waals surface area contributed by atoms with Gasteiger partial charge in [-0.15, -0.1) is 0 Å².